The van der Waals surface area contributed by atoms with Crippen molar-refractivity contribution < 1.29 is 4.42 Å². The molecule has 0 unspecified atom stereocenters. The molecule has 0 spiro atoms. The van der Waals surface area contributed by atoms with Crippen LogP contribution in [0.4, 0.5) is 17.1 Å². The van der Waals surface area contributed by atoms with E-state index in [0.717, 1.165) is 55.3 Å². The van der Waals surface area contributed by atoms with Crippen molar-refractivity contribution in [3.8, 4) is 22.6 Å². The van der Waals surface area contributed by atoms with E-state index >= 15 is 0 Å². The van der Waals surface area contributed by atoms with E-state index in [2.05, 4.69) is 229 Å². The fourth-order valence-electron chi connectivity index (χ4n) is 9.98. The van der Waals surface area contributed by atoms with Gasteiger partial charge in [-0.3, -0.25) is 0 Å². The van der Waals surface area contributed by atoms with E-state index in [1.165, 1.54) is 42.6 Å². The summed E-state index contributed by atoms with van der Waals surface area (Å²) in [7, 11) is -3.00. The average molecular weight is 847 g/mol. The molecule has 306 valence electrons. The Labute approximate surface area is 379 Å². The molecule has 0 amide bonds. The SMILES string of the molecule is c1ccc(-c2ccc3cc(N(c4ccc5ccc6ccc7nc(-c8ccccc8)oc7c6c5c4)c4ccccc4[Si](c4ccccc4)(c4ccccc4)c4ccccc4)ccc3c2)cc1. The normalized spacial score (nSPS) is 11.7. The molecule has 0 saturated heterocycles. The first-order chi connectivity index (χ1) is 32.2. The molecule has 12 rings (SSSR count). The molecule has 0 radical (unpaired) electrons. The van der Waals surface area contributed by atoms with Crippen LogP contribution < -0.4 is 25.6 Å². The molecular weight excluding hydrogens is 805 g/mol. The number of aromatic nitrogens is 1. The van der Waals surface area contributed by atoms with E-state index in [-0.39, 0.29) is 0 Å². The van der Waals surface area contributed by atoms with Gasteiger partial charge in [0.15, 0.2) is 13.7 Å². The van der Waals surface area contributed by atoms with Gasteiger partial charge in [0, 0.05) is 28.0 Å². The second-order valence-electron chi connectivity index (χ2n) is 16.7. The van der Waals surface area contributed by atoms with Crippen molar-refractivity contribution in [2.24, 2.45) is 0 Å². The van der Waals surface area contributed by atoms with Crippen LogP contribution in [-0.4, -0.2) is 13.1 Å². The molecule has 0 aliphatic rings. The molecular formula is C61H42N2OSi. The summed E-state index contributed by atoms with van der Waals surface area (Å²) in [4.78, 5) is 7.49. The number of oxazole rings is 1. The molecule has 0 fully saturated rings. The Morgan fingerprint density at radius 1 is 0.369 bits per heavy atom. The van der Waals surface area contributed by atoms with E-state index in [1.54, 1.807) is 0 Å². The predicted octanol–water partition coefficient (Wildman–Crippen LogP) is 13.5. The number of hydrogen-bond acceptors (Lipinski definition) is 3. The zero-order chi connectivity index (χ0) is 43.2. The largest absolute Gasteiger partial charge is 0.435 e. The maximum atomic E-state index is 6.73. The third-order valence-electron chi connectivity index (χ3n) is 13.0. The topological polar surface area (TPSA) is 29.3 Å². The van der Waals surface area contributed by atoms with Crippen LogP contribution in [-0.2, 0) is 0 Å². The van der Waals surface area contributed by atoms with E-state index < -0.39 is 8.07 Å². The highest BCUT2D eigenvalue weighted by Crippen LogP contribution is 2.41. The van der Waals surface area contributed by atoms with Gasteiger partial charge in [0.25, 0.3) is 0 Å². The van der Waals surface area contributed by atoms with Gasteiger partial charge in [-0.25, -0.2) is 4.98 Å². The van der Waals surface area contributed by atoms with Crippen LogP contribution in [0, 0.1) is 0 Å². The Morgan fingerprint density at radius 2 is 0.862 bits per heavy atom. The summed E-state index contributed by atoms with van der Waals surface area (Å²) >= 11 is 0. The summed E-state index contributed by atoms with van der Waals surface area (Å²) in [6.45, 7) is 0. The summed E-state index contributed by atoms with van der Waals surface area (Å²) < 4.78 is 6.73. The standard InChI is InChI=1S/C61H42N2OSi/c1-6-18-43(19-7-1)47-32-33-49-41-50(38-35-48(49)40-47)63(51-37-34-44-30-31-45-36-39-56-60(59(45)55(44)42-51)64-61(62-56)46-20-8-2-9-21-46)57-28-16-17-29-58(57)65(52-22-10-3-11-23-52,53-24-12-4-13-25-53)54-26-14-5-15-27-54/h1-42H. The second kappa shape index (κ2) is 16.1. The molecule has 11 aromatic carbocycles. The highest BCUT2D eigenvalue weighted by atomic mass is 28.3. The molecule has 1 heterocycles. The number of fused-ring (bicyclic) bond motifs is 6. The third kappa shape index (κ3) is 6.62. The molecule has 4 heteroatoms. The Bertz CT molecular complexity index is 3550. The van der Waals surface area contributed by atoms with Crippen molar-refractivity contribution in [1.82, 2.24) is 4.98 Å². The van der Waals surface area contributed by atoms with Gasteiger partial charge in [0.1, 0.15) is 5.52 Å². The van der Waals surface area contributed by atoms with E-state index in [1.807, 2.05) is 30.3 Å². The van der Waals surface area contributed by atoms with Gasteiger partial charge in [0.2, 0.25) is 5.89 Å². The van der Waals surface area contributed by atoms with Crippen molar-refractivity contribution in [3.05, 3.63) is 255 Å². The van der Waals surface area contributed by atoms with Crippen LogP contribution in [0.5, 0.6) is 0 Å². The van der Waals surface area contributed by atoms with Crippen LogP contribution in [0.15, 0.2) is 259 Å². The highest BCUT2D eigenvalue weighted by molar-refractivity contribution is 7.20. The van der Waals surface area contributed by atoms with E-state index in [9.17, 15) is 0 Å². The quantitative estimate of drug-likeness (QED) is 0.0823. The molecule has 0 aliphatic heterocycles. The molecule has 0 bridgehead atoms. The molecule has 12 aromatic rings. The number of anilines is 3. The monoisotopic (exact) mass is 846 g/mol. The zero-order valence-corrected chi connectivity index (χ0v) is 36.6. The maximum absolute atomic E-state index is 6.73. The van der Waals surface area contributed by atoms with Crippen LogP contribution in [0.25, 0.3) is 66.0 Å². The lowest BCUT2D eigenvalue weighted by Gasteiger charge is -2.38. The summed E-state index contributed by atoms with van der Waals surface area (Å²) in [5, 5.41) is 12.0. The van der Waals surface area contributed by atoms with Crippen molar-refractivity contribution in [2.45, 2.75) is 0 Å². The lowest BCUT2D eigenvalue weighted by Crippen LogP contribution is -2.75. The average Bonchev–Trinajstić information content (AvgIpc) is 3.83. The summed E-state index contributed by atoms with van der Waals surface area (Å²) in [5.74, 6) is 0.618. The zero-order valence-electron chi connectivity index (χ0n) is 35.6. The Morgan fingerprint density at radius 3 is 1.52 bits per heavy atom. The predicted molar refractivity (Wildman–Crippen MR) is 276 cm³/mol. The number of para-hydroxylation sites is 1. The number of benzene rings is 11. The number of nitrogens with zero attached hydrogens (tertiary/aromatic N) is 2. The maximum Gasteiger partial charge on any atom is 0.227 e. The minimum atomic E-state index is -3.00. The number of rotatable bonds is 9. The van der Waals surface area contributed by atoms with Crippen LogP contribution >= 0.6 is 0 Å². The smallest absolute Gasteiger partial charge is 0.227 e. The highest BCUT2D eigenvalue weighted by Gasteiger charge is 2.43. The summed E-state index contributed by atoms with van der Waals surface area (Å²) in [6.07, 6.45) is 0. The van der Waals surface area contributed by atoms with Crippen LogP contribution in [0.3, 0.4) is 0 Å². The van der Waals surface area contributed by atoms with Gasteiger partial charge in [0.05, 0.1) is 0 Å². The Kier molecular flexibility index (Phi) is 9.51. The second-order valence-corrected chi connectivity index (χ2v) is 20.5. The first kappa shape index (κ1) is 38.4. The van der Waals surface area contributed by atoms with Gasteiger partial charge in [-0.1, -0.05) is 200 Å². The summed E-state index contributed by atoms with van der Waals surface area (Å²) in [5.41, 5.74) is 8.25. The Balaban J connectivity index is 1.14. The van der Waals surface area contributed by atoms with Crippen molar-refractivity contribution >= 4 is 89.3 Å². The summed E-state index contributed by atoms with van der Waals surface area (Å²) in [6, 6.07) is 92.8. The van der Waals surface area contributed by atoms with Crippen molar-refractivity contribution in [1.29, 1.82) is 0 Å². The number of hydrogen-bond donors (Lipinski definition) is 0. The molecule has 1 aromatic heterocycles. The van der Waals surface area contributed by atoms with Gasteiger partial charge in [-0.2, -0.15) is 0 Å². The fourth-order valence-corrected chi connectivity index (χ4v) is 14.9. The molecule has 65 heavy (non-hydrogen) atoms. The molecule has 0 saturated carbocycles. The fraction of sp³-hybridized carbons (Fsp3) is 0. The van der Waals surface area contributed by atoms with Crippen molar-refractivity contribution in [2.75, 3.05) is 4.90 Å². The van der Waals surface area contributed by atoms with Crippen LogP contribution in [0.2, 0.25) is 0 Å². The minimum Gasteiger partial charge on any atom is -0.435 e. The molecule has 0 atom stereocenters. The van der Waals surface area contributed by atoms with Crippen molar-refractivity contribution in [3.63, 3.8) is 0 Å². The molecule has 3 nitrogen and oxygen atoms in total. The van der Waals surface area contributed by atoms with E-state index in [4.69, 9.17) is 9.40 Å². The van der Waals surface area contributed by atoms with Gasteiger partial charge >= 0.3 is 0 Å². The first-order valence-corrected chi connectivity index (χ1v) is 24.2. The van der Waals surface area contributed by atoms with Gasteiger partial charge in [-0.05, 0) is 113 Å². The minimum absolute atomic E-state index is 0.618. The lowest BCUT2D eigenvalue weighted by molar-refractivity contribution is 0.623. The molecule has 0 aliphatic carbocycles. The van der Waals surface area contributed by atoms with E-state index in [0.29, 0.717) is 5.89 Å². The van der Waals surface area contributed by atoms with Crippen LogP contribution in [0.1, 0.15) is 0 Å². The van der Waals surface area contributed by atoms with Gasteiger partial charge in [-0.15, -0.1) is 0 Å². The third-order valence-corrected chi connectivity index (χ3v) is 17.8. The lowest BCUT2D eigenvalue weighted by atomic mass is 9.99. The van der Waals surface area contributed by atoms with Gasteiger partial charge < -0.3 is 9.32 Å². The first-order valence-electron chi connectivity index (χ1n) is 22.2. The Hall–Kier alpha value is -8.31. The molecule has 0 N–H and O–H groups in total.